The average Bonchev–Trinajstić information content (AvgIpc) is 2.61. The molecule has 3 aliphatic rings. The molecule has 0 saturated heterocycles. The molecule has 3 heteroatoms. The minimum Gasteiger partial charge on any atom is -0.388 e. The van der Waals surface area contributed by atoms with Gasteiger partial charge in [0.15, 0.2) is 0 Å². The van der Waals surface area contributed by atoms with E-state index in [9.17, 15) is 0 Å². The molecule has 0 aromatic heterocycles. The molecule has 0 unspecified atom stereocenters. The SMILES string of the molecule is C1CNC2=C(C1)CC1=C(C2)SCN1. The minimum absolute atomic E-state index is 1.09. The van der Waals surface area contributed by atoms with E-state index in [1.165, 1.54) is 43.6 Å². The van der Waals surface area contributed by atoms with Crippen LogP contribution in [-0.4, -0.2) is 12.4 Å². The molecule has 0 saturated carbocycles. The molecule has 2 N–H and O–H groups in total. The molecule has 2 aliphatic heterocycles. The lowest BCUT2D eigenvalue weighted by molar-refractivity contribution is 0.619. The first-order valence-corrected chi connectivity index (χ1v) is 5.95. The Balaban J connectivity index is 1.87. The van der Waals surface area contributed by atoms with Crippen LogP contribution in [0.3, 0.4) is 0 Å². The zero-order valence-corrected chi connectivity index (χ0v) is 8.47. The summed E-state index contributed by atoms with van der Waals surface area (Å²) >= 11 is 1.98. The highest BCUT2D eigenvalue weighted by Crippen LogP contribution is 2.39. The largest absolute Gasteiger partial charge is 0.388 e. The van der Waals surface area contributed by atoms with E-state index in [0.717, 1.165) is 5.88 Å². The summed E-state index contributed by atoms with van der Waals surface area (Å²) in [4.78, 5) is 1.58. The van der Waals surface area contributed by atoms with Gasteiger partial charge in [-0.15, -0.1) is 11.8 Å². The lowest BCUT2D eigenvalue weighted by Gasteiger charge is -2.26. The first kappa shape index (κ1) is 7.80. The maximum Gasteiger partial charge on any atom is 0.0652 e. The summed E-state index contributed by atoms with van der Waals surface area (Å²) in [7, 11) is 0. The van der Waals surface area contributed by atoms with Crippen molar-refractivity contribution in [1.82, 2.24) is 10.6 Å². The standard InChI is InChI=1S/C10H14N2S/c1-2-7-4-9-10(13-6-12-9)5-8(7)11-3-1/h11-12H,1-6H2. The highest BCUT2D eigenvalue weighted by Gasteiger charge is 2.25. The van der Waals surface area contributed by atoms with Gasteiger partial charge in [0.1, 0.15) is 0 Å². The summed E-state index contributed by atoms with van der Waals surface area (Å²) < 4.78 is 0. The zero-order valence-electron chi connectivity index (χ0n) is 7.65. The van der Waals surface area contributed by atoms with Crippen molar-refractivity contribution in [3.8, 4) is 0 Å². The molecular weight excluding hydrogens is 180 g/mol. The maximum atomic E-state index is 3.54. The molecule has 0 aromatic rings. The third-order valence-electron chi connectivity index (χ3n) is 3.02. The van der Waals surface area contributed by atoms with Crippen molar-refractivity contribution in [3.63, 3.8) is 0 Å². The lowest BCUT2D eigenvalue weighted by atomic mass is 9.93. The van der Waals surface area contributed by atoms with Crippen molar-refractivity contribution in [2.24, 2.45) is 0 Å². The van der Waals surface area contributed by atoms with Crippen LogP contribution in [0.25, 0.3) is 0 Å². The third kappa shape index (κ3) is 1.26. The topological polar surface area (TPSA) is 24.1 Å². The van der Waals surface area contributed by atoms with Crippen LogP contribution in [0.15, 0.2) is 21.9 Å². The molecule has 2 nitrogen and oxygen atoms in total. The van der Waals surface area contributed by atoms with Crippen LogP contribution in [0.5, 0.6) is 0 Å². The summed E-state index contributed by atoms with van der Waals surface area (Å²) in [5.74, 6) is 1.09. The van der Waals surface area contributed by atoms with Crippen molar-refractivity contribution < 1.29 is 0 Å². The Morgan fingerprint density at radius 3 is 3.08 bits per heavy atom. The number of rotatable bonds is 0. The summed E-state index contributed by atoms with van der Waals surface area (Å²) in [5, 5.41) is 7.01. The summed E-state index contributed by atoms with van der Waals surface area (Å²) in [6.07, 6.45) is 4.98. The molecular formula is C10H14N2S. The Morgan fingerprint density at radius 1 is 1.08 bits per heavy atom. The predicted molar refractivity (Wildman–Crippen MR) is 56.1 cm³/mol. The van der Waals surface area contributed by atoms with Gasteiger partial charge < -0.3 is 10.6 Å². The number of hydrogen-bond donors (Lipinski definition) is 2. The molecule has 3 rings (SSSR count). The van der Waals surface area contributed by atoms with Crippen LogP contribution in [0.2, 0.25) is 0 Å². The average molecular weight is 194 g/mol. The van der Waals surface area contributed by atoms with Crippen LogP contribution < -0.4 is 10.6 Å². The molecule has 1 aliphatic carbocycles. The van der Waals surface area contributed by atoms with Gasteiger partial charge in [-0.1, -0.05) is 0 Å². The van der Waals surface area contributed by atoms with E-state index in [-0.39, 0.29) is 0 Å². The number of allylic oxidation sites excluding steroid dienone is 2. The number of thioether (sulfide) groups is 1. The van der Waals surface area contributed by atoms with Crippen molar-refractivity contribution in [2.75, 3.05) is 12.4 Å². The summed E-state index contributed by atoms with van der Waals surface area (Å²) in [6, 6.07) is 0. The quantitative estimate of drug-likeness (QED) is 0.616. The van der Waals surface area contributed by atoms with E-state index >= 15 is 0 Å². The van der Waals surface area contributed by atoms with E-state index in [0.29, 0.717) is 0 Å². The Bertz CT molecular complexity index is 276. The van der Waals surface area contributed by atoms with E-state index in [4.69, 9.17) is 0 Å². The van der Waals surface area contributed by atoms with E-state index in [1.807, 2.05) is 11.8 Å². The Labute approximate surface area is 82.8 Å². The molecule has 13 heavy (non-hydrogen) atoms. The van der Waals surface area contributed by atoms with Gasteiger partial charge in [0, 0.05) is 35.7 Å². The Kier molecular flexibility index (Phi) is 1.79. The molecule has 0 fully saturated rings. The molecule has 70 valence electrons. The molecule has 0 aromatic carbocycles. The van der Waals surface area contributed by atoms with Gasteiger partial charge in [0.25, 0.3) is 0 Å². The van der Waals surface area contributed by atoms with E-state index < -0.39 is 0 Å². The summed E-state index contributed by atoms with van der Waals surface area (Å²) in [5.41, 5.74) is 4.69. The lowest BCUT2D eigenvalue weighted by Crippen LogP contribution is -2.25. The van der Waals surface area contributed by atoms with Crippen molar-refractivity contribution >= 4 is 11.8 Å². The fraction of sp³-hybridized carbons (Fsp3) is 0.600. The molecule has 0 spiro atoms. The minimum atomic E-state index is 1.09. The van der Waals surface area contributed by atoms with Crippen LogP contribution in [0.1, 0.15) is 25.7 Å². The number of hydrogen-bond acceptors (Lipinski definition) is 3. The van der Waals surface area contributed by atoms with Crippen LogP contribution in [0, 0.1) is 0 Å². The first-order valence-electron chi connectivity index (χ1n) is 4.97. The highest BCUT2D eigenvalue weighted by atomic mass is 32.2. The van der Waals surface area contributed by atoms with Gasteiger partial charge in [-0.3, -0.25) is 0 Å². The van der Waals surface area contributed by atoms with Gasteiger partial charge in [0.2, 0.25) is 0 Å². The van der Waals surface area contributed by atoms with Crippen LogP contribution in [-0.2, 0) is 0 Å². The zero-order chi connectivity index (χ0) is 8.67. The molecule has 0 atom stereocenters. The van der Waals surface area contributed by atoms with Crippen LogP contribution in [0.4, 0.5) is 0 Å². The predicted octanol–water partition coefficient (Wildman–Crippen LogP) is 1.92. The normalized spacial score (nSPS) is 26.5. The Hall–Kier alpha value is -0.570. The summed E-state index contributed by atoms with van der Waals surface area (Å²) in [6.45, 7) is 1.18. The second kappa shape index (κ2) is 2.98. The van der Waals surface area contributed by atoms with Crippen molar-refractivity contribution in [1.29, 1.82) is 0 Å². The van der Waals surface area contributed by atoms with Crippen molar-refractivity contribution in [2.45, 2.75) is 25.7 Å². The third-order valence-corrected chi connectivity index (χ3v) is 4.04. The fourth-order valence-corrected chi connectivity index (χ4v) is 3.27. The van der Waals surface area contributed by atoms with Crippen molar-refractivity contribution in [3.05, 3.63) is 21.9 Å². The number of nitrogens with one attached hydrogen (secondary N) is 2. The Morgan fingerprint density at radius 2 is 2.08 bits per heavy atom. The van der Waals surface area contributed by atoms with Gasteiger partial charge in [0.05, 0.1) is 5.88 Å². The molecule has 0 radical (unpaired) electrons. The molecule has 0 amide bonds. The smallest absolute Gasteiger partial charge is 0.0652 e. The monoisotopic (exact) mass is 194 g/mol. The van der Waals surface area contributed by atoms with E-state index in [2.05, 4.69) is 10.6 Å². The molecule has 0 bridgehead atoms. The maximum absolute atomic E-state index is 3.54. The van der Waals surface area contributed by atoms with Gasteiger partial charge in [-0.2, -0.15) is 0 Å². The second-order valence-corrected chi connectivity index (χ2v) is 4.90. The van der Waals surface area contributed by atoms with Gasteiger partial charge in [-0.05, 0) is 18.4 Å². The molecule has 2 heterocycles. The highest BCUT2D eigenvalue weighted by molar-refractivity contribution is 8.03. The van der Waals surface area contributed by atoms with Crippen LogP contribution >= 0.6 is 11.8 Å². The van der Waals surface area contributed by atoms with Gasteiger partial charge in [-0.25, -0.2) is 0 Å². The second-order valence-electron chi connectivity index (χ2n) is 3.83. The first-order chi connectivity index (χ1) is 6.43. The van der Waals surface area contributed by atoms with E-state index in [1.54, 1.807) is 10.5 Å². The fourth-order valence-electron chi connectivity index (χ4n) is 2.29. The van der Waals surface area contributed by atoms with Gasteiger partial charge >= 0.3 is 0 Å².